The van der Waals surface area contributed by atoms with Crippen molar-refractivity contribution in [3.63, 3.8) is 0 Å². The second-order valence-electron chi connectivity index (χ2n) is 3.23. The van der Waals surface area contributed by atoms with Crippen LogP contribution in [0.25, 0.3) is 0 Å². The summed E-state index contributed by atoms with van der Waals surface area (Å²) in [6.45, 7) is 0. The zero-order valence-corrected chi connectivity index (χ0v) is 8.14. The minimum Gasteiger partial charge on any atom is -0.480 e. The molecule has 0 fully saturated rings. The highest BCUT2D eigenvalue weighted by Crippen LogP contribution is 2.11. The quantitative estimate of drug-likeness (QED) is 0.583. The van der Waals surface area contributed by atoms with Crippen molar-refractivity contribution >= 4 is 17.4 Å². The summed E-state index contributed by atoms with van der Waals surface area (Å²) in [6, 6.07) is 5.61. The number of benzene rings is 1. The van der Waals surface area contributed by atoms with Crippen LogP contribution in [0.4, 0.5) is 5.69 Å². The number of carboxylic acid groups (broad SMARTS) is 1. The molecule has 0 aliphatic carbocycles. The summed E-state index contributed by atoms with van der Waals surface area (Å²) in [5.74, 6) is -1.47. The van der Waals surface area contributed by atoms with E-state index in [4.69, 9.17) is 10.8 Å². The molecule has 0 bridgehead atoms. The molecule has 1 rings (SSSR count). The molecule has 0 saturated heterocycles. The highest BCUT2D eigenvalue weighted by Gasteiger charge is 2.19. The molecule has 1 aromatic carbocycles. The number of quaternary nitrogens is 1. The molecule has 0 saturated carbocycles. The van der Waals surface area contributed by atoms with Crippen molar-refractivity contribution in [2.75, 3.05) is 0 Å². The van der Waals surface area contributed by atoms with Crippen molar-refractivity contribution in [2.24, 2.45) is 5.73 Å². The number of nitrogens with two attached hydrogens (primary N) is 1. The molecular weight excluding hydrogens is 196 g/mol. The lowest BCUT2D eigenvalue weighted by Crippen LogP contribution is -2.42. The van der Waals surface area contributed by atoms with Crippen LogP contribution >= 0.6 is 0 Å². The Labute approximate surface area is 86.7 Å². The molecule has 0 radical (unpaired) electrons. The zero-order chi connectivity index (χ0) is 11.4. The van der Waals surface area contributed by atoms with Gasteiger partial charge in [-0.15, -0.1) is 0 Å². The van der Waals surface area contributed by atoms with Crippen molar-refractivity contribution < 1.29 is 20.4 Å². The zero-order valence-electron chi connectivity index (χ0n) is 8.14. The van der Waals surface area contributed by atoms with E-state index in [2.05, 4.69) is 5.73 Å². The normalized spacial score (nSPS) is 12.1. The van der Waals surface area contributed by atoms with E-state index in [9.17, 15) is 9.59 Å². The molecule has 6 N–H and O–H groups in total. The van der Waals surface area contributed by atoms with Gasteiger partial charge in [0, 0.05) is 6.42 Å². The predicted molar refractivity (Wildman–Crippen MR) is 53.5 cm³/mol. The van der Waals surface area contributed by atoms with Crippen LogP contribution in [0.3, 0.4) is 0 Å². The summed E-state index contributed by atoms with van der Waals surface area (Å²) >= 11 is 0. The molecule has 15 heavy (non-hydrogen) atoms. The molecule has 0 aliphatic heterocycles. The second kappa shape index (κ2) is 4.68. The van der Waals surface area contributed by atoms with E-state index < -0.39 is 12.0 Å². The fourth-order valence-electron chi connectivity index (χ4n) is 1.19. The number of carbonyl (C=O) groups is 2. The number of aliphatic carboxylic acids is 1. The maximum absolute atomic E-state index is 11.6. The van der Waals surface area contributed by atoms with Gasteiger partial charge in [-0.05, 0) is 12.1 Å². The Kier molecular flexibility index (Phi) is 3.54. The highest BCUT2D eigenvalue weighted by molar-refractivity contribution is 6.01. The van der Waals surface area contributed by atoms with Gasteiger partial charge in [0.25, 0.3) is 0 Å². The van der Waals surface area contributed by atoms with Crippen LogP contribution < -0.4 is 11.5 Å². The third-order valence-corrected chi connectivity index (χ3v) is 2.04. The van der Waals surface area contributed by atoms with Crippen LogP contribution in [0.2, 0.25) is 0 Å². The summed E-state index contributed by atoms with van der Waals surface area (Å²) in [6.07, 6.45) is -0.206. The maximum Gasteiger partial charge on any atom is 0.320 e. The van der Waals surface area contributed by atoms with E-state index in [1.165, 1.54) is 0 Å². The Morgan fingerprint density at radius 1 is 1.40 bits per heavy atom. The number of carbonyl (C=O) groups excluding carboxylic acids is 1. The van der Waals surface area contributed by atoms with Gasteiger partial charge in [0.2, 0.25) is 0 Å². The molecule has 80 valence electrons. The van der Waals surface area contributed by atoms with Gasteiger partial charge in [-0.2, -0.15) is 0 Å². The molecule has 0 amide bonds. The average Bonchev–Trinajstić information content (AvgIpc) is 2.18. The Balaban J connectivity index is 2.78. The third-order valence-electron chi connectivity index (χ3n) is 2.04. The summed E-state index contributed by atoms with van der Waals surface area (Å²) in [7, 11) is 0. The molecule has 0 heterocycles. The van der Waals surface area contributed by atoms with E-state index >= 15 is 0 Å². The second-order valence-corrected chi connectivity index (χ2v) is 3.23. The number of rotatable bonds is 4. The molecule has 5 nitrogen and oxygen atoms in total. The molecule has 0 aliphatic rings. The van der Waals surface area contributed by atoms with Crippen LogP contribution in [0.1, 0.15) is 16.8 Å². The number of carboxylic acids is 1. The van der Waals surface area contributed by atoms with Gasteiger partial charge in [-0.3, -0.25) is 9.59 Å². The largest absolute Gasteiger partial charge is 0.480 e. The monoisotopic (exact) mass is 209 g/mol. The smallest absolute Gasteiger partial charge is 0.320 e. The van der Waals surface area contributed by atoms with Crippen molar-refractivity contribution in [2.45, 2.75) is 12.5 Å². The SMILES string of the molecule is NC(CC(=O)c1ccccc1[NH3+])C(=O)O. The molecule has 1 atom stereocenters. The number of hydrogen-bond donors (Lipinski definition) is 3. The predicted octanol–water partition coefficient (Wildman–Crippen LogP) is -0.455. The Morgan fingerprint density at radius 2 is 2.00 bits per heavy atom. The van der Waals surface area contributed by atoms with Crippen molar-refractivity contribution in [3.05, 3.63) is 29.8 Å². The van der Waals surface area contributed by atoms with Crippen LogP contribution in [0.5, 0.6) is 0 Å². The highest BCUT2D eigenvalue weighted by atomic mass is 16.4. The lowest BCUT2D eigenvalue weighted by Gasteiger charge is -2.05. The van der Waals surface area contributed by atoms with Gasteiger partial charge in [0.1, 0.15) is 11.7 Å². The number of ketones is 1. The molecular formula is C10H13N2O3+. The van der Waals surface area contributed by atoms with Gasteiger partial charge in [-0.1, -0.05) is 12.1 Å². The van der Waals surface area contributed by atoms with Gasteiger partial charge in [0.05, 0.1) is 5.56 Å². The first-order valence-corrected chi connectivity index (χ1v) is 4.45. The van der Waals surface area contributed by atoms with Gasteiger partial charge >= 0.3 is 5.97 Å². The minimum atomic E-state index is -1.18. The first-order valence-electron chi connectivity index (χ1n) is 4.45. The average molecular weight is 209 g/mol. The summed E-state index contributed by atoms with van der Waals surface area (Å²) in [4.78, 5) is 22.1. The molecule has 1 unspecified atom stereocenters. The van der Waals surface area contributed by atoms with Gasteiger partial charge in [-0.25, -0.2) is 0 Å². The first kappa shape index (κ1) is 11.4. The van der Waals surface area contributed by atoms with E-state index in [0.29, 0.717) is 11.3 Å². The maximum atomic E-state index is 11.6. The van der Waals surface area contributed by atoms with Crippen LogP contribution in [-0.4, -0.2) is 22.9 Å². The lowest BCUT2D eigenvalue weighted by molar-refractivity contribution is -0.255. The third kappa shape index (κ3) is 2.87. The van der Waals surface area contributed by atoms with Crippen molar-refractivity contribution in [1.29, 1.82) is 0 Å². The number of hydrogen-bond acceptors (Lipinski definition) is 3. The topological polar surface area (TPSA) is 108 Å². The fourth-order valence-corrected chi connectivity index (χ4v) is 1.19. The van der Waals surface area contributed by atoms with E-state index in [-0.39, 0.29) is 12.2 Å². The van der Waals surface area contributed by atoms with E-state index in [1.807, 2.05) is 0 Å². The van der Waals surface area contributed by atoms with E-state index in [0.717, 1.165) is 0 Å². The lowest BCUT2D eigenvalue weighted by atomic mass is 10.0. The fraction of sp³-hybridized carbons (Fsp3) is 0.200. The Morgan fingerprint density at radius 3 is 2.53 bits per heavy atom. The minimum absolute atomic E-state index is 0.206. The van der Waals surface area contributed by atoms with Crippen molar-refractivity contribution in [3.8, 4) is 0 Å². The van der Waals surface area contributed by atoms with E-state index in [1.54, 1.807) is 24.3 Å². The number of Topliss-reactive ketones (excluding diaryl/α,β-unsaturated/α-hetero) is 1. The molecule has 0 spiro atoms. The molecule has 1 aromatic rings. The summed E-state index contributed by atoms with van der Waals surface area (Å²) in [5, 5.41) is 8.55. The van der Waals surface area contributed by atoms with Gasteiger partial charge in [0.15, 0.2) is 5.78 Å². The van der Waals surface area contributed by atoms with Crippen molar-refractivity contribution in [1.82, 2.24) is 0 Å². The van der Waals surface area contributed by atoms with Gasteiger partial charge < -0.3 is 16.6 Å². The Hall–Kier alpha value is -1.72. The summed E-state index contributed by atoms with van der Waals surface area (Å²) < 4.78 is 0. The van der Waals surface area contributed by atoms with Crippen LogP contribution in [-0.2, 0) is 4.79 Å². The molecule has 5 heteroatoms. The summed E-state index contributed by atoms with van der Waals surface area (Å²) in [5.41, 5.74) is 9.96. The molecule has 0 aromatic heterocycles. The van der Waals surface area contributed by atoms with Crippen LogP contribution in [0, 0.1) is 0 Å². The Bertz CT molecular complexity index is 390. The standard InChI is InChI=1S/C10H12N2O3/c11-7-4-2-1-3-6(7)9(13)5-8(12)10(14)15/h1-4,8H,5,11-12H2,(H,14,15)/p+1. The van der Waals surface area contributed by atoms with Crippen LogP contribution in [0.15, 0.2) is 24.3 Å². The first-order chi connectivity index (χ1) is 7.02.